The highest BCUT2D eigenvalue weighted by Crippen LogP contribution is 2.20. The van der Waals surface area contributed by atoms with E-state index < -0.39 is 138 Å². The number of aliphatic imine (C=N–C) groups is 2. The SMILES string of the molecule is CC(C)C[C@H](NC(=O)[C@H](CCC(=O)O)NC(=O)[C@H](C)NC(=O)[C@@H](NC(=O)[C@H](C)NC(=O)[C@H](CCCN=C(N)N)NC(=O)[C@H](CCCN=C(N)N)NC(=O)[C@@H]1CCCN1C(=O)[C@@H](N)CCC(=O)O)C(C)C)C(=O)O. The summed E-state index contributed by atoms with van der Waals surface area (Å²) in [6.07, 6.45) is -0.702. The number of guanidine groups is 2. The average molecular weight is 1040 g/mol. The molecule has 73 heavy (non-hydrogen) atoms. The lowest BCUT2D eigenvalue weighted by atomic mass is 10.0. The molecule has 0 aromatic carbocycles. The smallest absolute Gasteiger partial charge is 0.326 e. The van der Waals surface area contributed by atoms with E-state index in [1.807, 2.05) is 0 Å². The number of nitrogens with two attached hydrogens (primary N) is 5. The fourth-order valence-corrected chi connectivity index (χ4v) is 7.36. The number of carboxylic acids is 3. The third-order valence-corrected chi connectivity index (χ3v) is 11.3. The van der Waals surface area contributed by atoms with Crippen LogP contribution in [0.4, 0.5) is 0 Å². The number of carboxylic acid groups (broad SMARTS) is 3. The fourth-order valence-electron chi connectivity index (χ4n) is 7.36. The normalized spacial score (nSPS) is 16.4. The number of carbonyl (C=O) groups excluding carboxylic acids is 8. The average Bonchev–Trinajstić information content (AvgIpc) is 3.79. The van der Waals surface area contributed by atoms with E-state index in [2.05, 4.69) is 47.2 Å². The molecule has 8 amide bonds. The maximum atomic E-state index is 14.0. The van der Waals surface area contributed by atoms with Gasteiger partial charge in [-0.3, -0.25) is 57.9 Å². The summed E-state index contributed by atoms with van der Waals surface area (Å²) in [6, 6.07) is -11.8. The summed E-state index contributed by atoms with van der Waals surface area (Å²) in [5.74, 6) is -11.7. The molecule has 0 aromatic heterocycles. The highest BCUT2D eigenvalue weighted by molar-refractivity contribution is 5.98. The summed E-state index contributed by atoms with van der Waals surface area (Å²) in [7, 11) is 0. The number of likely N-dealkylation sites (tertiary alicyclic amines) is 1. The van der Waals surface area contributed by atoms with E-state index in [1.165, 1.54) is 18.7 Å². The lowest BCUT2D eigenvalue weighted by Crippen LogP contribution is -2.60. The van der Waals surface area contributed by atoms with Gasteiger partial charge in [-0.1, -0.05) is 27.7 Å². The lowest BCUT2D eigenvalue weighted by molar-refractivity contribution is -0.143. The molecule has 0 unspecified atom stereocenters. The zero-order chi connectivity index (χ0) is 55.7. The summed E-state index contributed by atoms with van der Waals surface area (Å²) < 4.78 is 0. The Morgan fingerprint density at radius 2 is 1.00 bits per heavy atom. The molecule has 1 fully saturated rings. The van der Waals surface area contributed by atoms with Crippen molar-refractivity contribution in [2.45, 2.75) is 167 Å². The maximum Gasteiger partial charge on any atom is 0.326 e. The van der Waals surface area contributed by atoms with Crippen LogP contribution in [0.1, 0.15) is 112 Å². The zero-order valence-corrected chi connectivity index (χ0v) is 42.3. The number of hydrogen-bond acceptors (Lipinski definition) is 14. The number of carbonyl (C=O) groups is 11. The van der Waals surface area contributed by atoms with Gasteiger partial charge in [0.15, 0.2) is 11.9 Å². The Morgan fingerprint density at radius 1 is 0.562 bits per heavy atom. The molecule has 29 nitrogen and oxygen atoms in total. The molecule has 1 aliphatic heterocycles. The van der Waals surface area contributed by atoms with Crippen molar-refractivity contribution < 1.29 is 68.1 Å². The van der Waals surface area contributed by atoms with Crippen molar-refractivity contribution in [3.8, 4) is 0 Å². The monoisotopic (exact) mass is 1040 g/mol. The fraction of sp³-hybridized carbons (Fsp3) is 0.705. The molecule has 1 saturated heterocycles. The summed E-state index contributed by atoms with van der Waals surface area (Å²) in [4.78, 5) is 152. The van der Waals surface area contributed by atoms with Gasteiger partial charge in [0.2, 0.25) is 47.3 Å². The van der Waals surface area contributed by atoms with Crippen LogP contribution in [0, 0.1) is 11.8 Å². The highest BCUT2D eigenvalue weighted by atomic mass is 16.4. The molecular weight excluding hydrogens is 963 g/mol. The Morgan fingerprint density at radius 3 is 1.48 bits per heavy atom. The van der Waals surface area contributed by atoms with Gasteiger partial charge < -0.3 is 86.1 Å². The molecule has 0 spiro atoms. The minimum atomic E-state index is -1.49. The standard InChI is InChI=1S/C44H77N15O14/c1-21(2)20-29(42(72)73)57-38(68)28(14-16-32(62)63)54-34(64)23(5)53-40(70)33(22(3)4)58-35(65)24(6)52-36(66)26(10-7-17-50-43(46)47)55-37(67)27(11-8-18-51-44(48)49)56-39(69)30-12-9-19-59(30)41(71)25(45)13-15-31(60)61/h21-30,33H,7-20,45H2,1-6H3,(H,52,66)(H,53,70)(H,54,64)(H,55,67)(H,56,69)(H,57,68)(H,58,65)(H,60,61)(H,62,63)(H,72,73)(H4,46,47,50)(H4,48,49,51)/t23-,24-,25-,26-,27-,28-,29-,30-,33-/m0/s1. The van der Waals surface area contributed by atoms with Gasteiger partial charge >= 0.3 is 17.9 Å². The molecule has 0 saturated carbocycles. The van der Waals surface area contributed by atoms with E-state index in [0.29, 0.717) is 6.42 Å². The number of aliphatic carboxylic acids is 3. The minimum absolute atomic E-state index is 0.0259. The molecule has 1 rings (SSSR count). The third-order valence-electron chi connectivity index (χ3n) is 11.3. The van der Waals surface area contributed by atoms with Gasteiger partial charge in [0.25, 0.3) is 0 Å². The molecule has 412 valence electrons. The molecule has 1 heterocycles. The van der Waals surface area contributed by atoms with Gasteiger partial charge in [0, 0.05) is 32.5 Å². The van der Waals surface area contributed by atoms with Crippen molar-refractivity contribution in [1.29, 1.82) is 0 Å². The maximum absolute atomic E-state index is 14.0. The van der Waals surface area contributed by atoms with Crippen molar-refractivity contribution in [3.63, 3.8) is 0 Å². The number of nitrogens with one attached hydrogen (secondary N) is 7. The summed E-state index contributed by atoms with van der Waals surface area (Å²) in [5, 5.41) is 45.3. The van der Waals surface area contributed by atoms with Gasteiger partial charge in [0.1, 0.15) is 48.3 Å². The van der Waals surface area contributed by atoms with Crippen molar-refractivity contribution >= 4 is 77.1 Å². The van der Waals surface area contributed by atoms with Gasteiger partial charge in [-0.15, -0.1) is 0 Å². The molecule has 0 radical (unpaired) electrons. The molecule has 9 atom stereocenters. The number of rotatable bonds is 33. The number of nitrogens with zero attached hydrogens (tertiary/aromatic N) is 3. The Balaban J connectivity index is 3.27. The second-order valence-corrected chi connectivity index (χ2v) is 18.5. The molecule has 0 aliphatic carbocycles. The molecule has 1 aliphatic rings. The van der Waals surface area contributed by atoms with Crippen LogP contribution in [0.5, 0.6) is 0 Å². The first-order chi connectivity index (χ1) is 34.0. The van der Waals surface area contributed by atoms with Gasteiger partial charge in [0.05, 0.1) is 6.04 Å². The van der Waals surface area contributed by atoms with Crippen LogP contribution >= 0.6 is 0 Å². The van der Waals surface area contributed by atoms with Gasteiger partial charge in [-0.05, 0) is 83.5 Å². The second kappa shape index (κ2) is 31.9. The number of hydrogen-bond donors (Lipinski definition) is 15. The van der Waals surface area contributed by atoms with Crippen LogP contribution in [0.3, 0.4) is 0 Å². The minimum Gasteiger partial charge on any atom is -0.481 e. The van der Waals surface area contributed by atoms with Crippen molar-refractivity contribution in [2.75, 3.05) is 19.6 Å². The van der Waals surface area contributed by atoms with Crippen molar-refractivity contribution in [3.05, 3.63) is 0 Å². The summed E-state index contributed by atoms with van der Waals surface area (Å²) in [5.41, 5.74) is 27.8. The molecule has 20 N–H and O–H groups in total. The Labute approximate surface area is 423 Å². The predicted octanol–water partition coefficient (Wildman–Crippen LogP) is -4.64. The molecular formula is C44H77N15O14. The topological polar surface area (TPSA) is 491 Å². The number of amides is 8. The van der Waals surface area contributed by atoms with Gasteiger partial charge in [-0.2, -0.15) is 0 Å². The van der Waals surface area contributed by atoms with Gasteiger partial charge in [-0.25, -0.2) is 4.79 Å². The second-order valence-electron chi connectivity index (χ2n) is 18.5. The first-order valence-electron chi connectivity index (χ1n) is 24.0. The van der Waals surface area contributed by atoms with Crippen LogP contribution in [0.15, 0.2) is 9.98 Å². The lowest BCUT2D eigenvalue weighted by Gasteiger charge is -2.29. The highest BCUT2D eigenvalue weighted by Gasteiger charge is 2.39. The third kappa shape index (κ3) is 24.1. The Bertz CT molecular complexity index is 2010. The Hall–Kier alpha value is -7.33. The van der Waals surface area contributed by atoms with E-state index in [1.54, 1.807) is 27.7 Å². The summed E-state index contributed by atoms with van der Waals surface area (Å²) in [6.45, 7) is 9.40. The zero-order valence-electron chi connectivity index (χ0n) is 42.3. The van der Waals surface area contributed by atoms with Crippen molar-refractivity contribution in [1.82, 2.24) is 42.1 Å². The van der Waals surface area contributed by atoms with E-state index in [9.17, 15) is 63.0 Å². The van der Waals surface area contributed by atoms with Crippen LogP contribution in [0.2, 0.25) is 0 Å². The molecule has 0 aromatic rings. The predicted molar refractivity (Wildman–Crippen MR) is 263 cm³/mol. The Kier molecular flexibility index (Phi) is 27.8. The van der Waals surface area contributed by atoms with Crippen LogP contribution in [-0.2, 0) is 52.7 Å². The van der Waals surface area contributed by atoms with E-state index in [4.69, 9.17) is 33.8 Å². The first kappa shape index (κ1) is 63.7. The van der Waals surface area contributed by atoms with E-state index in [0.717, 1.165) is 0 Å². The van der Waals surface area contributed by atoms with Crippen LogP contribution in [0.25, 0.3) is 0 Å². The van der Waals surface area contributed by atoms with Crippen molar-refractivity contribution in [2.24, 2.45) is 50.5 Å². The van der Waals surface area contributed by atoms with E-state index >= 15 is 0 Å². The van der Waals surface area contributed by atoms with E-state index in [-0.39, 0.29) is 88.8 Å². The van der Waals surface area contributed by atoms with Crippen LogP contribution < -0.4 is 65.9 Å². The first-order valence-corrected chi connectivity index (χ1v) is 24.0. The summed E-state index contributed by atoms with van der Waals surface area (Å²) >= 11 is 0. The quantitative estimate of drug-likeness (QED) is 0.0167. The largest absolute Gasteiger partial charge is 0.481 e. The molecule has 0 bridgehead atoms. The molecule has 29 heteroatoms. The van der Waals surface area contributed by atoms with Crippen LogP contribution in [-0.4, -0.2) is 171 Å².